The van der Waals surface area contributed by atoms with Crippen LogP contribution in [0.1, 0.15) is 67.6 Å². The highest BCUT2D eigenvalue weighted by molar-refractivity contribution is 7.99. The number of rotatable bonds is 25. The molecule has 0 bridgehead atoms. The van der Waals surface area contributed by atoms with Gasteiger partial charge in [0, 0.05) is 72.6 Å². The summed E-state index contributed by atoms with van der Waals surface area (Å²) in [4.78, 5) is 45.9. The number of fused-ring (bicyclic) bond motifs is 2. The van der Waals surface area contributed by atoms with Crippen LogP contribution in [0.15, 0.2) is 156 Å². The minimum Gasteiger partial charge on any atom is -0.493 e. The fraction of sp³-hybridized carbons (Fsp3) is 0.357. The van der Waals surface area contributed by atoms with Gasteiger partial charge in [0.1, 0.15) is 35.7 Å². The molecule has 3 aliphatic rings. The number of nitrogens with zero attached hydrogens (tertiary/aromatic N) is 4. The number of oxime groups is 1. The Morgan fingerprint density at radius 3 is 2.20 bits per heavy atom. The molecule has 2 N–H and O–H groups in total. The molecule has 0 aromatic heterocycles. The number of nitro benzene ring substituents is 2. The van der Waals surface area contributed by atoms with E-state index < -0.39 is 45.4 Å². The lowest BCUT2D eigenvalue weighted by molar-refractivity contribution is -0.385. The minimum absolute atomic E-state index is 0.00233. The Bertz CT molecular complexity index is 2780. The van der Waals surface area contributed by atoms with Gasteiger partial charge < -0.3 is 34.0 Å². The number of non-ortho nitro benzene ring substituents is 2. The lowest BCUT2D eigenvalue weighted by Crippen LogP contribution is -2.70. The maximum Gasteiger partial charge on any atom is 0.416 e. The zero-order chi connectivity index (χ0) is 52.0. The van der Waals surface area contributed by atoms with Crippen LogP contribution in [-0.2, 0) is 22.7 Å². The predicted octanol–water partition coefficient (Wildman–Crippen LogP) is 11.3. The average Bonchev–Trinajstić information content (AvgIpc) is 3.41. The fourth-order valence-corrected chi connectivity index (χ4v) is 11.1. The van der Waals surface area contributed by atoms with E-state index in [1.54, 1.807) is 42.1 Å². The number of carbonyl (C=O) groups excluding carboxylic acids is 1. The number of aliphatic hydroxyl groups is 2. The van der Waals surface area contributed by atoms with Crippen molar-refractivity contribution in [2.75, 3.05) is 32.2 Å². The first-order valence-corrected chi connectivity index (χ1v) is 25.7. The van der Waals surface area contributed by atoms with Crippen molar-refractivity contribution in [2.45, 2.75) is 80.7 Å². The number of hydrogen-bond donors (Lipinski definition) is 2. The Balaban J connectivity index is 1.29. The molecule has 1 heterocycles. The summed E-state index contributed by atoms with van der Waals surface area (Å²) in [6.07, 6.45) is 6.84. The number of benzene rings is 5. The molecule has 16 nitrogen and oxygen atoms in total. The van der Waals surface area contributed by atoms with Gasteiger partial charge in [-0.1, -0.05) is 60.5 Å². The molecule has 388 valence electrons. The molecular weight excluding hydrogens is 972 g/mol. The average molecular weight is 1030 g/mol. The molecule has 1 fully saturated rings. The molecule has 6 unspecified atom stereocenters. The summed E-state index contributed by atoms with van der Waals surface area (Å²) >= 11 is 1.68. The van der Waals surface area contributed by atoms with E-state index in [9.17, 15) is 34.8 Å². The maximum absolute atomic E-state index is 15.1. The highest BCUT2D eigenvalue weighted by atomic mass is 32.2. The van der Waals surface area contributed by atoms with Crippen LogP contribution in [0.2, 0.25) is 0 Å². The van der Waals surface area contributed by atoms with Crippen molar-refractivity contribution in [1.82, 2.24) is 4.90 Å². The summed E-state index contributed by atoms with van der Waals surface area (Å²) < 4.78 is 41.5. The Morgan fingerprint density at radius 2 is 1.53 bits per heavy atom. The van der Waals surface area contributed by atoms with E-state index in [-0.39, 0.29) is 68.4 Å². The largest absolute Gasteiger partial charge is 0.493 e. The van der Waals surface area contributed by atoms with Gasteiger partial charge in [-0.3, -0.25) is 25.1 Å². The minimum atomic E-state index is -1.70. The predicted molar refractivity (Wildman–Crippen MR) is 277 cm³/mol. The van der Waals surface area contributed by atoms with Gasteiger partial charge in [-0.25, -0.2) is 9.18 Å². The first kappa shape index (κ1) is 53.2. The second kappa shape index (κ2) is 25.2. The van der Waals surface area contributed by atoms with E-state index in [1.165, 1.54) is 53.4 Å². The molecule has 6 atom stereocenters. The number of carbonyl (C=O) groups is 1. The molecule has 74 heavy (non-hydrogen) atoms. The SMILES string of the molecule is C=CCOC12Oc3ccc(OCCSc4ccccc4)cc3C3C(CCCCO)C(CCCCO)C=C(C(=NOCc4ccc([N+](=O)[O-])cc4)CC1N(Cc1ccc(F)cc1)C(=O)Oc1ccc([N+](=O)[O-])cc1)C32. The molecule has 2 aliphatic carbocycles. The van der Waals surface area contributed by atoms with Crippen LogP contribution in [0.4, 0.5) is 20.6 Å². The zero-order valence-corrected chi connectivity index (χ0v) is 41.6. The first-order chi connectivity index (χ1) is 36.0. The van der Waals surface area contributed by atoms with E-state index >= 15 is 4.79 Å². The molecule has 0 radical (unpaired) electrons. The smallest absolute Gasteiger partial charge is 0.416 e. The van der Waals surface area contributed by atoms with E-state index in [0.717, 1.165) is 16.0 Å². The topological polar surface area (TPSA) is 206 Å². The molecule has 0 saturated heterocycles. The number of hydrogen-bond acceptors (Lipinski definition) is 14. The van der Waals surface area contributed by atoms with E-state index in [2.05, 4.69) is 24.8 Å². The van der Waals surface area contributed by atoms with Crippen LogP contribution in [-0.4, -0.2) is 80.8 Å². The van der Waals surface area contributed by atoms with Crippen molar-refractivity contribution >= 4 is 34.9 Å². The fourth-order valence-electron chi connectivity index (χ4n) is 10.4. The van der Waals surface area contributed by atoms with Gasteiger partial charge in [0.2, 0.25) is 5.79 Å². The van der Waals surface area contributed by atoms with Gasteiger partial charge in [0.05, 0.1) is 34.7 Å². The van der Waals surface area contributed by atoms with Gasteiger partial charge >= 0.3 is 6.09 Å². The van der Waals surface area contributed by atoms with Gasteiger partial charge in [0.25, 0.3) is 11.4 Å². The number of nitro groups is 2. The third-order valence-corrected chi connectivity index (χ3v) is 14.7. The van der Waals surface area contributed by atoms with Crippen LogP contribution >= 0.6 is 11.8 Å². The summed E-state index contributed by atoms with van der Waals surface area (Å²) in [6.45, 7) is 4.22. The number of thioether (sulfide) groups is 1. The Kier molecular flexibility index (Phi) is 18.1. The van der Waals surface area contributed by atoms with Crippen molar-refractivity contribution in [2.24, 2.45) is 22.9 Å². The van der Waals surface area contributed by atoms with Crippen LogP contribution in [0.5, 0.6) is 17.2 Å². The Labute approximate surface area is 432 Å². The van der Waals surface area contributed by atoms with E-state index in [0.29, 0.717) is 79.2 Å². The quantitative estimate of drug-likeness (QED) is 0.0184. The van der Waals surface area contributed by atoms with Gasteiger partial charge in [-0.15, -0.1) is 18.3 Å². The van der Waals surface area contributed by atoms with Crippen molar-refractivity contribution in [3.05, 3.63) is 188 Å². The zero-order valence-electron chi connectivity index (χ0n) is 40.7. The van der Waals surface area contributed by atoms with E-state index in [1.807, 2.05) is 36.4 Å². The molecule has 1 amide bonds. The first-order valence-electron chi connectivity index (χ1n) is 24.7. The number of unbranched alkanes of at least 4 members (excludes halogenated alkanes) is 2. The van der Waals surface area contributed by atoms with Crippen molar-refractivity contribution in [3.63, 3.8) is 0 Å². The highest BCUT2D eigenvalue weighted by Gasteiger charge is 2.66. The maximum atomic E-state index is 15.1. The van der Waals surface area contributed by atoms with Gasteiger partial charge in [-0.2, -0.15) is 0 Å². The van der Waals surface area contributed by atoms with Crippen molar-refractivity contribution in [1.29, 1.82) is 0 Å². The summed E-state index contributed by atoms with van der Waals surface area (Å²) in [6, 6.07) is 31.5. The summed E-state index contributed by atoms with van der Waals surface area (Å²) in [5.74, 6) is -1.65. The summed E-state index contributed by atoms with van der Waals surface area (Å²) in [5, 5.41) is 48.0. The number of allylic oxidation sites excluding steroid dienone is 1. The van der Waals surface area contributed by atoms with Crippen molar-refractivity contribution in [3.8, 4) is 17.2 Å². The second-order valence-corrected chi connectivity index (χ2v) is 19.5. The molecule has 1 saturated carbocycles. The molecule has 1 aliphatic heterocycles. The van der Waals surface area contributed by atoms with Crippen LogP contribution in [0.3, 0.4) is 0 Å². The molecule has 5 aromatic carbocycles. The highest BCUT2D eigenvalue weighted by Crippen LogP contribution is 2.62. The molecule has 0 spiro atoms. The third-order valence-electron chi connectivity index (χ3n) is 13.7. The monoisotopic (exact) mass is 1030 g/mol. The van der Waals surface area contributed by atoms with Crippen LogP contribution in [0.25, 0.3) is 0 Å². The van der Waals surface area contributed by atoms with Gasteiger partial charge in [-0.05, 0) is 121 Å². The molecule has 18 heteroatoms. The third kappa shape index (κ3) is 12.6. The normalized spacial score (nSPS) is 21.0. The lowest BCUT2D eigenvalue weighted by Gasteiger charge is -2.59. The molecule has 8 rings (SSSR count). The number of ether oxygens (including phenoxy) is 4. The number of aliphatic hydroxyl groups excluding tert-OH is 2. The molecular formula is C56H59FN4O12S. The summed E-state index contributed by atoms with van der Waals surface area (Å²) in [7, 11) is 0. The summed E-state index contributed by atoms with van der Waals surface area (Å²) in [5.41, 5.74) is 2.94. The lowest BCUT2D eigenvalue weighted by atomic mass is 9.55. The standard InChI is InChI=1S/C56H59FN4O12S/c1-2-30-70-56-52(59(36-38-14-18-41(57)19-15-38)55(64)72-44-24-22-43(23-25-44)61(67)68)35-50(58-71-37-39-16-20-42(21-17-39)60(65)66)48-33-40(10-6-8-28-62)47(13-7-9-29-63)53(54(48)56)49-34-45(26-27-51(49)73-56)69-31-32-74-46-11-4-3-5-12-46/h2-5,11-12,14-27,33-34,40,47,52-54,62-63H,1,6-10,13,28-32,35-37H2. The van der Waals surface area contributed by atoms with E-state index in [4.69, 9.17) is 28.9 Å². The Morgan fingerprint density at radius 1 is 0.865 bits per heavy atom. The Hall–Kier alpha value is -7.12. The van der Waals surface area contributed by atoms with Gasteiger partial charge in [0.15, 0.2) is 0 Å². The second-order valence-electron chi connectivity index (χ2n) is 18.4. The van der Waals surface area contributed by atoms with Crippen LogP contribution in [0, 0.1) is 43.8 Å². The number of halogens is 1. The number of amides is 1. The van der Waals surface area contributed by atoms with Crippen molar-refractivity contribution < 1.29 is 53.0 Å². The molecule has 5 aromatic rings. The van der Waals surface area contributed by atoms with Crippen LogP contribution < -0.4 is 14.2 Å².